The molecule has 0 aromatic heterocycles. The van der Waals surface area contributed by atoms with Gasteiger partial charge in [-0.05, 0) is 43.3 Å². The molecule has 0 amide bonds. The molecule has 5 heteroatoms. The van der Waals surface area contributed by atoms with E-state index in [1.54, 1.807) is 43.3 Å². The van der Waals surface area contributed by atoms with E-state index in [0.717, 1.165) is 6.29 Å². The van der Waals surface area contributed by atoms with Crippen LogP contribution in [-0.4, -0.2) is 11.2 Å². The van der Waals surface area contributed by atoms with Crippen LogP contribution in [0.4, 0.5) is 5.69 Å². The third-order valence-corrected chi connectivity index (χ3v) is 2.62. The number of aldehydes is 1. The van der Waals surface area contributed by atoms with Crippen molar-refractivity contribution in [3.8, 4) is 11.5 Å². The van der Waals surface area contributed by atoms with E-state index >= 15 is 0 Å². The summed E-state index contributed by atoms with van der Waals surface area (Å²) in [5, 5.41) is 10.7. The first-order valence-corrected chi connectivity index (χ1v) is 5.58. The average molecular weight is 257 g/mol. The summed E-state index contributed by atoms with van der Waals surface area (Å²) in [6, 6.07) is 11.2. The lowest BCUT2D eigenvalue weighted by molar-refractivity contribution is -0.385. The molecule has 5 nitrogen and oxygen atoms in total. The molecule has 19 heavy (non-hydrogen) atoms. The summed E-state index contributed by atoms with van der Waals surface area (Å²) in [6.07, 6.45) is 0.750. The number of nitro groups is 1. The zero-order valence-electron chi connectivity index (χ0n) is 10.2. The van der Waals surface area contributed by atoms with Gasteiger partial charge in [0.05, 0.1) is 4.92 Å². The lowest BCUT2D eigenvalue weighted by atomic mass is 10.2. The molecule has 0 aliphatic carbocycles. The second-order valence-corrected chi connectivity index (χ2v) is 3.99. The Balaban J connectivity index is 2.21. The zero-order valence-corrected chi connectivity index (χ0v) is 10.2. The first-order valence-electron chi connectivity index (χ1n) is 5.58. The normalized spacial score (nSPS) is 9.95. The number of ether oxygens (including phenoxy) is 1. The molecule has 0 fully saturated rings. The van der Waals surface area contributed by atoms with Gasteiger partial charge in [-0.1, -0.05) is 0 Å². The van der Waals surface area contributed by atoms with Crippen LogP contribution in [0.25, 0.3) is 0 Å². The van der Waals surface area contributed by atoms with Gasteiger partial charge in [0.25, 0.3) is 5.69 Å². The molecule has 0 radical (unpaired) electrons. The SMILES string of the molecule is Cc1cc(Oc2ccc(C=O)cc2)ccc1[N+](=O)[O-]. The highest BCUT2D eigenvalue weighted by molar-refractivity contribution is 5.74. The number of rotatable bonds is 4. The number of hydrogen-bond acceptors (Lipinski definition) is 4. The minimum Gasteiger partial charge on any atom is -0.457 e. The first-order chi connectivity index (χ1) is 9.10. The van der Waals surface area contributed by atoms with Gasteiger partial charge < -0.3 is 4.74 Å². The van der Waals surface area contributed by atoms with E-state index in [2.05, 4.69) is 0 Å². The number of hydrogen-bond donors (Lipinski definition) is 0. The van der Waals surface area contributed by atoms with E-state index in [0.29, 0.717) is 22.6 Å². The van der Waals surface area contributed by atoms with E-state index in [1.807, 2.05) is 0 Å². The van der Waals surface area contributed by atoms with Gasteiger partial charge in [0, 0.05) is 17.2 Å². The van der Waals surface area contributed by atoms with Crippen LogP contribution in [0.1, 0.15) is 15.9 Å². The monoisotopic (exact) mass is 257 g/mol. The fourth-order valence-electron chi connectivity index (χ4n) is 1.65. The highest BCUT2D eigenvalue weighted by Gasteiger charge is 2.10. The molecule has 2 aromatic carbocycles. The first kappa shape index (κ1) is 12.8. The molecule has 0 heterocycles. The standard InChI is InChI=1S/C14H11NO4/c1-10-8-13(6-7-14(10)15(17)18)19-12-4-2-11(9-16)3-5-12/h2-9H,1H3. The van der Waals surface area contributed by atoms with Gasteiger partial charge in [0.1, 0.15) is 17.8 Å². The molecule has 0 aliphatic rings. The van der Waals surface area contributed by atoms with Crippen molar-refractivity contribution in [2.45, 2.75) is 6.92 Å². The van der Waals surface area contributed by atoms with Gasteiger partial charge in [0.15, 0.2) is 0 Å². The molecule has 0 spiro atoms. The lowest BCUT2D eigenvalue weighted by Gasteiger charge is -2.06. The second-order valence-electron chi connectivity index (χ2n) is 3.99. The summed E-state index contributed by atoms with van der Waals surface area (Å²) in [5.41, 5.74) is 1.16. The van der Waals surface area contributed by atoms with Crippen LogP contribution in [0.5, 0.6) is 11.5 Å². The number of aryl methyl sites for hydroxylation is 1. The van der Waals surface area contributed by atoms with Crippen molar-refractivity contribution in [3.63, 3.8) is 0 Å². The van der Waals surface area contributed by atoms with Gasteiger partial charge in [-0.2, -0.15) is 0 Å². The molecule has 2 rings (SSSR count). The Hall–Kier alpha value is -2.69. The highest BCUT2D eigenvalue weighted by Crippen LogP contribution is 2.27. The minimum absolute atomic E-state index is 0.0589. The lowest BCUT2D eigenvalue weighted by Crippen LogP contribution is -1.92. The van der Waals surface area contributed by atoms with Crippen molar-refractivity contribution in [2.75, 3.05) is 0 Å². The van der Waals surface area contributed by atoms with Crippen molar-refractivity contribution < 1.29 is 14.5 Å². The molecule has 2 aromatic rings. The zero-order chi connectivity index (χ0) is 13.8. The minimum atomic E-state index is -0.433. The van der Waals surface area contributed by atoms with Gasteiger partial charge in [-0.25, -0.2) is 0 Å². The third-order valence-electron chi connectivity index (χ3n) is 2.62. The fourth-order valence-corrected chi connectivity index (χ4v) is 1.65. The van der Waals surface area contributed by atoms with Crippen LogP contribution in [0.15, 0.2) is 42.5 Å². The maximum Gasteiger partial charge on any atom is 0.272 e. The largest absolute Gasteiger partial charge is 0.457 e. The molecule has 0 unspecified atom stereocenters. The number of benzene rings is 2. The Kier molecular flexibility index (Phi) is 3.56. The van der Waals surface area contributed by atoms with Crippen LogP contribution in [0, 0.1) is 17.0 Å². The smallest absolute Gasteiger partial charge is 0.272 e. The summed E-state index contributed by atoms with van der Waals surface area (Å²) < 4.78 is 5.55. The van der Waals surface area contributed by atoms with E-state index in [-0.39, 0.29) is 5.69 Å². The molecule has 96 valence electrons. The average Bonchev–Trinajstić information content (AvgIpc) is 2.39. The topological polar surface area (TPSA) is 69.4 Å². The summed E-state index contributed by atoms with van der Waals surface area (Å²) in [7, 11) is 0. The van der Waals surface area contributed by atoms with Crippen LogP contribution >= 0.6 is 0 Å². The summed E-state index contributed by atoms with van der Waals surface area (Å²) >= 11 is 0. The summed E-state index contributed by atoms with van der Waals surface area (Å²) in [5.74, 6) is 1.08. The maximum atomic E-state index is 10.7. The molecule has 0 atom stereocenters. The van der Waals surface area contributed by atoms with E-state index in [1.165, 1.54) is 6.07 Å². The Bertz CT molecular complexity index is 620. The van der Waals surface area contributed by atoms with Crippen LogP contribution < -0.4 is 4.74 Å². The van der Waals surface area contributed by atoms with Crippen molar-refractivity contribution in [1.82, 2.24) is 0 Å². The van der Waals surface area contributed by atoms with Crippen LogP contribution in [0.2, 0.25) is 0 Å². The van der Waals surface area contributed by atoms with Gasteiger partial charge in [-0.3, -0.25) is 14.9 Å². The Morgan fingerprint density at radius 3 is 2.26 bits per heavy atom. The maximum absolute atomic E-state index is 10.7. The van der Waals surface area contributed by atoms with Crippen LogP contribution in [-0.2, 0) is 0 Å². The van der Waals surface area contributed by atoms with Crippen molar-refractivity contribution >= 4 is 12.0 Å². The molecule has 0 saturated heterocycles. The van der Waals surface area contributed by atoms with E-state index in [9.17, 15) is 14.9 Å². The molecular formula is C14H11NO4. The van der Waals surface area contributed by atoms with Gasteiger partial charge >= 0.3 is 0 Å². The van der Waals surface area contributed by atoms with Crippen LogP contribution in [0.3, 0.4) is 0 Å². The number of nitrogens with zero attached hydrogens (tertiary/aromatic N) is 1. The highest BCUT2D eigenvalue weighted by atomic mass is 16.6. The third kappa shape index (κ3) is 2.95. The quantitative estimate of drug-likeness (QED) is 0.477. The number of carbonyl (C=O) groups excluding carboxylic acids is 1. The summed E-state index contributed by atoms with van der Waals surface area (Å²) in [4.78, 5) is 20.8. The Labute approximate surface area is 109 Å². The molecule has 0 bridgehead atoms. The number of nitro benzene ring substituents is 1. The molecular weight excluding hydrogens is 246 g/mol. The summed E-state index contributed by atoms with van der Waals surface area (Å²) in [6.45, 7) is 1.65. The van der Waals surface area contributed by atoms with Gasteiger partial charge in [-0.15, -0.1) is 0 Å². The predicted octanol–water partition coefficient (Wildman–Crippen LogP) is 3.51. The molecule has 0 aliphatic heterocycles. The van der Waals surface area contributed by atoms with E-state index < -0.39 is 4.92 Å². The number of carbonyl (C=O) groups is 1. The van der Waals surface area contributed by atoms with Crippen molar-refractivity contribution in [2.24, 2.45) is 0 Å². The Morgan fingerprint density at radius 1 is 1.11 bits per heavy atom. The van der Waals surface area contributed by atoms with Crippen molar-refractivity contribution in [3.05, 3.63) is 63.7 Å². The molecule has 0 saturated carbocycles. The van der Waals surface area contributed by atoms with Gasteiger partial charge in [0.2, 0.25) is 0 Å². The Morgan fingerprint density at radius 2 is 1.74 bits per heavy atom. The fraction of sp³-hybridized carbons (Fsp3) is 0.0714. The van der Waals surface area contributed by atoms with Crippen molar-refractivity contribution in [1.29, 1.82) is 0 Å². The predicted molar refractivity (Wildman–Crippen MR) is 69.7 cm³/mol. The second kappa shape index (κ2) is 5.30. The molecule has 0 N–H and O–H groups in total. The van der Waals surface area contributed by atoms with E-state index in [4.69, 9.17) is 4.74 Å².